The molecule has 0 bridgehead atoms. The second-order valence-electron chi connectivity index (χ2n) is 7.38. The number of carbonyl (C=O) groups excluding carboxylic acids is 1. The Hall–Kier alpha value is -3.03. The number of imidazole rings is 1. The summed E-state index contributed by atoms with van der Waals surface area (Å²) in [6, 6.07) is 14.4. The fourth-order valence-electron chi connectivity index (χ4n) is 3.84. The minimum atomic E-state index is 0.343. The van der Waals surface area contributed by atoms with Gasteiger partial charge in [0.05, 0.1) is 11.9 Å². The van der Waals surface area contributed by atoms with Crippen LogP contribution in [-0.4, -0.2) is 57.5 Å². The topological polar surface area (TPSA) is 63.5 Å². The molecule has 1 aliphatic rings. The van der Waals surface area contributed by atoms with E-state index in [-0.39, 0.29) is 0 Å². The van der Waals surface area contributed by atoms with Gasteiger partial charge in [-0.05, 0) is 18.7 Å². The van der Waals surface area contributed by atoms with Gasteiger partial charge in [0.2, 0.25) is 0 Å². The maximum atomic E-state index is 10.6. The van der Waals surface area contributed by atoms with Crippen molar-refractivity contribution in [2.24, 2.45) is 7.05 Å². The Morgan fingerprint density at radius 1 is 1.14 bits per heavy atom. The summed E-state index contributed by atoms with van der Waals surface area (Å²) in [6.07, 6.45) is 3.53. The number of carbonyl (C=O) groups is 1. The van der Waals surface area contributed by atoms with E-state index in [2.05, 4.69) is 61.7 Å². The number of piperazine rings is 1. The molecule has 150 valence electrons. The third-order valence-corrected chi connectivity index (χ3v) is 5.47. The van der Waals surface area contributed by atoms with E-state index in [9.17, 15) is 4.79 Å². The molecule has 29 heavy (non-hydrogen) atoms. The molecule has 1 saturated heterocycles. The van der Waals surface area contributed by atoms with Crippen LogP contribution < -0.4 is 4.74 Å². The van der Waals surface area contributed by atoms with E-state index in [4.69, 9.17) is 4.74 Å². The third-order valence-electron chi connectivity index (χ3n) is 5.47. The summed E-state index contributed by atoms with van der Waals surface area (Å²) in [6.45, 7) is 4.26. The molecule has 1 aromatic carbocycles. The Morgan fingerprint density at radius 2 is 1.97 bits per heavy atom. The van der Waals surface area contributed by atoms with Gasteiger partial charge < -0.3 is 14.2 Å². The van der Waals surface area contributed by atoms with Crippen LogP contribution in [0, 0.1) is 0 Å². The first-order valence-corrected chi connectivity index (χ1v) is 9.70. The number of hydrogen-bond donors (Lipinski definition) is 0. The number of hydrogen-bond acceptors (Lipinski definition) is 6. The van der Waals surface area contributed by atoms with E-state index >= 15 is 0 Å². The average Bonchev–Trinajstić information content (AvgIpc) is 3.10. The smallest absolute Gasteiger partial charge is 0.298 e. The SMILES string of the molecule is CN1CCN(Cc2cnc(-c3cc(OC=O)ccn3)n2C)C(c2ccccc2)C1. The van der Waals surface area contributed by atoms with Crippen LogP contribution in [0.3, 0.4) is 0 Å². The second kappa shape index (κ2) is 8.55. The van der Waals surface area contributed by atoms with Crippen LogP contribution in [0.1, 0.15) is 17.3 Å². The van der Waals surface area contributed by atoms with Crippen LogP contribution in [0.4, 0.5) is 0 Å². The zero-order chi connectivity index (χ0) is 20.2. The van der Waals surface area contributed by atoms with E-state index in [1.165, 1.54) is 5.56 Å². The van der Waals surface area contributed by atoms with Crippen molar-refractivity contribution in [3.8, 4) is 17.3 Å². The minimum Gasteiger partial charge on any atom is -0.429 e. The molecule has 3 aromatic rings. The van der Waals surface area contributed by atoms with Crippen LogP contribution in [0.25, 0.3) is 11.5 Å². The van der Waals surface area contributed by atoms with Crippen molar-refractivity contribution in [2.45, 2.75) is 12.6 Å². The standard InChI is InChI=1S/C22H25N5O2/c1-25-10-11-27(21(15-25)17-6-4-3-5-7-17)14-18-13-24-22(26(18)2)20-12-19(29-16-28)8-9-23-20/h3-9,12-13,16,21H,10-11,14-15H2,1-2H3. The van der Waals surface area contributed by atoms with Gasteiger partial charge in [0.15, 0.2) is 5.82 Å². The van der Waals surface area contributed by atoms with Gasteiger partial charge in [-0.1, -0.05) is 30.3 Å². The fraction of sp³-hybridized carbons (Fsp3) is 0.318. The van der Waals surface area contributed by atoms with Crippen molar-refractivity contribution >= 4 is 6.47 Å². The summed E-state index contributed by atoms with van der Waals surface area (Å²) < 4.78 is 7.00. The predicted octanol–water partition coefficient (Wildman–Crippen LogP) is 2.51. The average molecular weight is 391 g/mol. The van der Waals surface area contributed by atoms with Crippen LogP contribution in [0.15, 0.2) is 54.9 Å². The molecular formula is C22H25N5O2. The largest absolute Gasteiger partial charge is 0.429 e. The molecule has 1 atom stereocenters. The zero-order valence-corrected chi connectivity index (χ0v) is 16.7. The zero-order valence-electron chi connectivity index (χ0n) is 16.7. The summed E-state index contributed by atoms with van der Waals surface area (Å²) in [4.78, 5) is 24.5. The van der Waals surface area contributed by atoms with Gasteiger partial charge in [0.25, 0.3) is 6.47 Å². The van der Waals surface area contributed by atoms with Crippen molar-refractivity contribution < 1.29 is 9.53 Å². The van der Waals surface area contributed by atoms with E-state index in [1.807, 2.05) is 13.2 Å². The van der Waals surface area contributed by atoms with Gasteiger partial charge in [-0.3, -0.25) is 14.7 Å². The number of aromatic nitrogens is 3. The van der Waals surface area contributed by atoms with Gasteiger partial charge in [-0.2, -0.15) is 0 Å². The van der Waals surface area contributed by atoms with Gasteiger partial charge in [0.1, 0.15) is 11.4 Å². The maximum Gasteiger partial charge on any atom is 0.298 e. The molecule has 1 aliphatic heterocycles. The van der Waals surface area contributed by atoms with Crippen molar-refractivity contribution in [3.63, 3.8) is 0 Å². The van der Waals surface area contributed by atoms with E-state index in [0.29, 0.717) is 24.0 Å². The van der Waals surface area contributed by atoms with Crippen molar-refractivity contribution in [1.29, 1.82) is 0 Å². The molecule has 1 fully saturated rings. The van der Waals surface area contributed by atoms with Gasteiger partial charge in [-0.25, -0.2) is 4.98 Å². The number of likely N-dealkylation sites (N-methyl/N-ethyl adjacent to an activating group) is 1. The maximum absolute atomic E-state index is 10.6. The molecule has 2 aromatic heterocycles. The number of benzene rings is 1. The highest BCUT2D eigenvalue weighted by Crippen LogP contribution is 2.28. The lowest BCUT2D eigenvalue weighted by Crippen LogP contribution is -2.46. The molecule has 0 saturated carbocycles. The van der Waals surface area contributed by atoms with Crippen LogP contribution in [0.5, 0.6) is 5.75 Å². The number of ether oxygens (including phenoxy) is 1. The molecule has 4 rings (SSSR count). The van der Waals surface area contributed by atoms with Gasteiger partial charge in [-0.15, -0.1) is 0 Å². The van der Waals surface area contributed by atoms with Crippen LogP contribution in [0.2, 0.25) is 0 Å². The summed E-state index contributed by atoms with van der Waals surface area (Å²) in [5, 5.41) is 0. The van der Waals surface area contributed by atoms with E-state index < -0.39 is 0 Å². The Kier molecular flexibility index (Phi) is 5.69. The summed E-state index contributed by atoms with van der Waals surface area (Å²) >= 11 is 0. The van der Waals surface area contributed by atoms with Crippen molar-refractivity contribution in [2.75, 3.05) is 26.7 Å². The van der Waals surface area contributed by atoms with Crippen LogP contribution in [-0.2, 0) is 18.4 Å². The molecule has 1 unspecified atom stereocenters. The molecule has 0 radical (unpaired) electrons. The highest BCUT2D eigenvalue weighted by atomic mass is 16.5. The number of pyridine rings is 1. The first-order chi connectivity index (χ1) is 14.2. The summed E-state index contributed by atoms with van der Waals surface area (Å²) in [5.41, 5.74) is 3.13. The molecule has 3 heterocycles. The molecule has 0 aliphatic carbocycles. The summed E-state index contributed by atoms with van der Waals surface area (Å²) in [7, 11) is 4.18. The highest BCUT2D eigenvalue weighted by molar-refractivity contribution is 5.55. The Balaban J connectivity index is 1.58. The Bertz CT molecular complexity index is 972. The molecule has 0 spiro atoms. The lowest BCUT2D eigenvalue weighted by molar-refractivity contribution is -0.120. The van der Waals surface area contributed by atoms with Crippen molar-refractivity contribution in [1.82, 2.24) is 24.3 Å². The Morgan fingerprint density at radius 3 is 2.76 bits per heavy atom. The first-order valence-electron chi connectivity index (χ1n) is 9.70. The van der Waals surface area contributed by atoms with Gasteiger partial charge >= 0.3 is 0 Å². The fourth-order valence-corrected chi connectivity index (χ4v) is 3.84. The first kappa shape index (κ1) is 19.3. The number of rotatable bonds is 6. The lowest BCUT2D eigenvalue weighted by Gasteiger charge is -2.40. The molecule has 7 nitrogen and oxygen atoms in total. The molecule has 0 amide bonds. The minimum absolute atomic E-state index is 0.343. The third kappa shape index (κ3) is 4.21. The van der Waals surface area contributed by atoms with E-state index in [0.717, 1.165) is 37.7 Å². The normalized spacial score (nSPS) is 17.9. The second-order valence-corrected chi connectivity index (χ2v) is 7.38. The number of nitrogens with zero attached hydrogens (tertiary/aromatic N) is 5. The van der Waals surface area contributed by atoms with Crippen LogP contribution >= 0.6 is 0 Å². The van der Waals surface area contributed by atoms with Gasteiger partial charge in [0, 0.05) is 51.5 Å². The van der Waals surface area contributed by atoms with Crippen molar-refractivity contribution in [3.05, 3.63) is 66.1 Å². The quantitative estimate of drug-likeness (QED) is 0.602. The monoisotopic (exact) mass is 391 g/mol. The molecule has 7 heteroatoms. The van der Waals surface area contributed by atoms with E-state index in [1.54, 1.807) is 18.3 Å². The summed E-state index contributed by atoms with van der Waals surface area (Å²) in [5.74, 6) is 1.21. The lowest BCUT2D eigenvalue weighted by atomic mass is 10.0. The molecule has 0 N–H and O–H groups in total. The Labute approximate surface area is 170 Å². The highest BCUT2D eigenvalue weighted by Gasteiger charge is 2.27. The predicted molar refractivity (Wildman–Crippen MR) is 110 cm³/mol. The molecular weight excluding hydrogens is 366 g/mol.